The number of nitrogens with one attached hydrogen (secondary N) is 1. The van der Waals surface area contributed by atoms with Gasteiger partial charge < -0.3 is 11.1 Å². The van der Waals surface area contributed by atoms with Gasteiger partial charge in [0.2, 0.25) is 5.91 Å². The number of hydrogen-bond donors (Lipinski definition) is 2. The van der Waals surface area contributed by atoms with Crippen molar-refractivity contribution >= 4 is 22.4 Å². The van der Waals surface area contributed by atoms with Crippen LogP contribution in [0.15, 0.2) is 5.38 Å². The maximum atomic E-state index is 12.6. The molecular formula is C15H25N3OS. The fourth-order valence-corrected chi connectivity index (χ4v) is 3.59. The topological polar surface area (TPSA) is 68.0 Å². The minimum Gasteiger partial charge on any atom is -0.329 e. The van der Waals surface area contributed by atoms with Gasteiger partial charge in [0.25, 0.3) is 0 Å². The van der Waals surface area contributed by atoms with E-state index in [9.17, 15) is 4.79 Å². The molecule has 5 heteroatoms. The van der Waals surface area contributed by atoms with Crippen LogP contribution in [-0.2, 0) is 10.2 Å². The van der Waals surface area contributed by atoms with Crippen LogP contribution in [0.25, 0.3) is 0 Å². The first-order valence-corrected chi connectivity index (χ1v) is 8.23. The molecular weight excluding hydrogens is 270 g/mol. The van der Waals surface area contributed by atoms with Gasteiger partial charge in [-0.15, -0.1) is 11.3 Å². The Morgan fingerprint density at radius 1 is 1.40 bits per heavy atom. The highest BCUT2D eigenvalue weighted by Gasteiger charge is 2.38. The number of amides is 1. The van der Waals surface area contributed by atoms with Crippen LogP contribution in [0.3, 0.4) is 0 Å². The lowest BCUT2D eigenvalue weighted by Crippen LogP contribution is -2.43. The molecule has 0 aromatic carbocycles. The quantitative estimate of drug-likeness (QED) is 0.899. The SMILES string of the molecule is CC(C)(C)c1csc(NC(=O)C2(CN)CCCCC2)n1. The molecule has 2 rings (SSSR count). The van der Waals surface area contributed by atoms with Crippen LogP contribution in [0, 0.1) is 5.41 Å². The molecule has 1 saturated carbocycles. The Hall–Kier alpha value is -0.940. The molecule has 0 saturated heterocycles. The Balaban J connectivity index is 2.09. The summed E-state index contributed by atoms with van der Waals surface area (Å²) >= 11 is 1.49. The zero-order chi connectivity index (χ0) is 14.8. The molecule has 3 N–H and O–H groups in total. The maximum absolute atomic E-state index is 12.6. The van der Waals surface area contributed by atoms with Gasteiger partial charge in [0.15, 0.2) is 5.13 Å². The molecule has 1 fully saturated rings. The van der Waals surface area contributed by atoms with Crippen molar-refractivity contribution in [3.8, 4) is 0 Å². The number of hydrogen-bond acceptors (Lipinski definition) is 4. The predicted octanol–water partition coefficient (Wildman–Crippen LogP) is 3.29. The minimum atomic E-state index is -0.383. The smallest absolute Gasteiger partial charge is 0.233 e. The van der Waals surface area contributed by atoms with Gasteiger partial charge in [0.05, 0.1) is 11.1 Å². The zero-order valence-electron chi connectivity index (χ0n) is 12.7. The van der Waals surface area contributed by atoms with Gasteiger partial charge in [-0.25, -0.2) is 4.98 Å². The number of nitrogens with two attached hydrogens (primary N) is 1. The van der Waals surface area contributed by atoms with Gasteiger partial charge in [0, 0.05) is 17.3 Å². The summed E-state index contributed by atoms with van der Waals surface area (Å²) in [7, 11) is 0. The molecule has 0 unspecified atom stereocenters. The van der Waals surface area contributed by atoms with Gasteiger partial charge in [-0.2, -0.15) is 0 Å². The Labute approximate surface area is 125 Å². The molecule has 0 spiro atoms. The van der Waals surface area contributed by atoms with E-state index in [0.717, 1.165) is 31.4 Å². The van der Waals surface area contributed by atoms with E-state index in [0.29, 0.717) is 11.7 Å². The van der Waals surface area contributed by atoms with E-state index in [1.165, 1.54) is 17.8 Å². The normalized spacial score (nSPS) is 18.8. The molecule has 1 aromatic rings. The molecule has 4 nitrogen and oxygen atoms in total. The van der Waals surface area contributed by atoms with Crippen molar-refractivity contribution in [2.24, 2.45) is 11.1 Å². The molecule has 1 aliphatic carbocycles. The molecule has 1 amide bonds. The first kappa shape index (κ1) is 15.4. The average molecular weight is 295 g/mol. The number of carbonyl (C=O) groups is 1. The lowest BCUT2D eigenvalue weighted by atomic mass is 9.73. The van der Waals surface area contributed by atoms with Crippen LogP contribution in [0.1, 0.15) is 58.6 Å². The summed E-state index contributed by atoms with van der Waals surface area (Å²) in [5, 5.41) is 5.70. The van der Waals surface area contributed by atoms with Crippen molar-refractivity contribution in [3.63, 3.8) is 0 Å². The molecule has 20 heavy (non-hydrogen) atoms. The molecule has 1 heterocycles. The van der Waals surface area contributed by atoms with Crippen molar-refractivity contribution in [1.29, 1.82) is 0 Å². The number of rotatable bonds is 3. The van der Waals surface area contributed by atoms with Gasteiger partial charge in [-0.05, 0) is 12.8 Å². The minimum absolute atomic E-state index is 0.00979. The maximum Gasteiger partial charge on any atom is 0.233 e. The highest BCUT2D eigenvalue weighted by molar-refractivity contribution is 7.14. The van der Waals surface area contributed by atoms with E-state index in [4.69, 9.17) is 5.73 Å². The highest BCUT2D eigenvalue weighted by Crippen LogP contribution is 2.37. The van der Waals surface area contributed by atoms with E-state index in [2.05, 4.69) is 31.1 Å². The average Bonchev–Trinajstić information content (AvgIpc) is 2.88. The summed E-state index contributed by atoms with van der Waals surface area (Å²) in [6.07, 6.45) is 5.19. The van der Waals surface area contributed by atoms with Crippen LogP contribution in [0.2, 0.25) is 0 Å². The largest absolute Gasteiger partial charge is 0.329 e. The van der Waals surface area contributed by atoms with Crippen molar-refractivity contribution in [1.82, 2.24) is 4.98 Å². The third-order valence-corrected chi connectivity index (χ3v) is 4.93. The number of thiazole rings is 1. The Kier molecular flexibility index (Phi) is 4.49. The third kappa shape index (κ3) is 3.20. The summed E-state index contributed by atoms with van der Waals surface area (Å²) in [4.78, 5) is 17.1. The summed E-state index contributed by atoms with van der Waals surface area (Å²) in [5.74, 6) is 0.0505. The van der Waals surface area contributed by atoms with E-state index >= 15 is 0 Å². The molecule has 0 bridgehead atoms. The lowest BCUT2D eigenvalue weighted by molar-refractivity contribution is -0.126. The van der Waals surface area contributed by atoms with Gasteiger partial charge in [0.1, 0.15) is 0 Å². The zero-order valence-corrected chi connectivity index (χ0v) is 13.5. The highest BCUT2D eigenvalue weighted by atomic mass is 32.1. The number of nitrogens with zero attached hydrogens (tertiary/aromatic N) is 1. The molecule has 0 aliphatic heterocycles. The molecule has 0 radical (unpaired) electrons. The Morgan fingerprint density at radius 3 is 2.55 bits per heavy atom. The second kappa shape index (κ2) is 5.82. The van der Waals surface area contributed by atoms with Crippen LogP contribution < -0.4 is 11.1 Å². The Bertz CT molecular complexity index is 470. The van der Waals surface area contributed by atoms with E-state index in [1.807, 2.05) is 5.38 Å². The van der Waals surface area contributed by atoms with Crippen molar-refractivity contribution in [3.05, 3.63) is 11.1 Å². The fourth-order valence-electron chi connectivity index (χ4n) is 2.66. The van der Waals surface area contributed by atoms with E-state index in [1.54, 1.807) is 0 Å². The summed E-state index contributed by atoms with van der Waals surface area (Å²) in [6.45, 7) is 6.79. The van der Waals surface area contributed by atoms with Crippen LogP contribution in [-0.4, -0.2) is 17.4 Å². The molecule has 1 aromatic heterocycles. The predicted molar refractivity (Wildman–Crippen MR) is 84.0 cm³/mol. The summed E-state index contributed by atoms with van der Waals surface area (Å²) in [5.41, 5.74) is 6.53. The van der Waals surface area contributed by atoms with E-state index < -0.39 is 0 Å². The van der Waals surface area contributed by atoms with Crippen LogP contribution in [0.5, 0.6) is 0 Å². The first-order valence-electron chi connectivity index (χ1n) is 7.35. The first-order chi connectivity index (χ1) is 9.37. The second-order valence-electron chi connectivity index (χ2n) is 6.79. The standard InChI is InChI=1S/C15H25N3OS/c1-14(2,3)11-9-20-13(17-11)18-12(19)15(10-16)7-5-4-6-8-15/h9H,4-8,10,16H2,1-3H3,(H,17,18,19). The summed E-state index contributed by atoms with van der Waals surface area (Å²) < 4.78 is 0. The second-order valence-corrected chi connectivity index (χ2v) is 7.65. The lowest BCUT2D eigenvalue weighted by Gasteiger charge is -2.34. The van der Waals surface area contributed by atoms with Gasteiger partial charge in [-0.3, -0.25) is 4.79 Å². The summed E-state index contributed by atoms with van der Waals surface area (Å²) in [6, 6.07) is 0. The number of aromatic nitrogens is 1. The van der Waals surface area contributed by atoms with Crippen LogP contribution in [0.4, 0.5) is 5.13 Å². The Morgan fingerprint density at radius 2 is 2.05 bits per heavy atom. The molecule has 1 aliphatic rings. The third-order valence-electron chi connectivity index (χ3n) is 4.18. The molecule has 112 valence electrons. The number of carbonyl (C=O) groups excluding carboxylic acids is 1. The van der Waals surface area contributed by atoms with Crippen molar-refractivity contribution in [2.45, 2.75) is 58.3 Å². The van der Waals surface area contributed by atoms with Crippen molar-refractivity contribution < 1.29 is 4.79 Å². The van der Waals surface area contributed by atoms with Crippen LogP contribution >= 0.6 is 11.3 Å². The number of anilines is 1. The van der Waals surface area contributed by atoms with Gasteiger partial charge in [-0.1, -0.05) is 40.0 Å². The van der Waals surface area contributed by atoms with Crippen molar-refractivity contribution in [2.75, 3.05) is 11.9 Å². The van der Waals surface area contributed by atoms with Gasteiger partial charge >= 0.3 is 0 Å². The molecule has 0 atom stereocenters. The fraction of sp³-hybridized carbons (Fsp3) is 0.733. The monoisotopic (exact) mass is 295 g/mol. The van der Waals surface area contributed by atoms with E-state index in [-0.39, 0.29) is 16.7 Å².